The summed E-state index contributed by atoms with van der Waals surface area (Å²) in [5.74, 6) is 0.236. The van der Waals surface area contributed by atoms with Crippen molar-refractivity contribution < 1.29 is 27.5 Å². The van der Waals surface area contributed by atoms with Crippen molar-refractivity contribution in [2.24, 2.45) is 0 Å². The molecule has 0 bridgehead atoms. The van der Waals surface area contributed by atoms with E-state index in [9.17, 15) is 18.0 Å². The van der Waals surface area contributed by atoms with E-state index in [-0.39, 0.29) is 29.1 Å². The van der Waals surface area contributed by atoms with E-state index < -0.39 is 28.5 Å². The molecule has 3 aromatic rings. The molecule has 0 fully saturated rings. The Hall–Kier alpha value is -4.05. The van der Waals surface area contributed by atoms with Crippen molar-refractivity contribution in [1.82, 2.24) is 10.2 Å². The number of hydrogen-bond acceptors (Lipinski definition) is 6. The van der Waals surface area contributed by atoms with Gasteiger partial charge in [0.2, 0.25) is 11.8 Å². The standard InChI is InChI=1S/C31H39N3O6S/c1-7-23(3)32-31(36)24(4)33(20-25-13-15-27(39-5)16-14-25)30(35)21-34(26-9-8-10-28(19-26)40-6)41(37,38)29-17-11-22(2)12-18-29/h8-19,23-24H,7,20-21H2,1-6H3,(H,32,36)/t23-,24+/m0/s1. The molecular formula is C31H39N3O6S. The average Bonchev–Trinajstić information content (AvgIpc) is 2.98. The second kappa shape index (κ2) is 14.0. The largest absolute Gasteiger partial charge is 0.497 e. The van der Waals surface area contributed by atoms with Crippen molar-refractivity contribution in [2.75, 3.05) is 25.1 Å². The number of aryl methyl sites for hydroxylation is 1. The van der Waals surface area contributed by atoms with Crippen LogP contribution in [0.1, 0.15) is 38.3 Å². The SMILES string of the molecule is CC[C@H](C)NC(=O)[C@@H](C)N(Cc1ccc(OC)cc1)C(=O)CN(c1cccc(OC)c1)S(=O)(=O)c1ccc(C)cc1. The minimum absolute atomic E-state index is 0.0444. The third-order valence-corrected chi connectivity index (χ3v) is 8.70. The highest BCUT2D eigenvalue weighted by Crippen LogP contribution is 2.28. The molecule has 2 amide bonds. The van der Waals surface area contributed by atoms with Crippen LogP contribution in [0.25, 0.3) is 0 Å². The number of carbonyl (C=O) groups is 2. The fraction of sp³-hybridized carbons (Fsp3) is 0.355. The molecule has 0 saturated carbocycles. The van der Waals surface area contributed by atoms with E-state index in [0.29, 0.717) is 11.5 Å². The van der Waals surface area contributed by atoms with Crippen LogP contribution >= 0.6 is 0 Å². The van der Waals surface area contributed by atoms with Crippen LogP contribution in [0.2, 0.25) is 0 Å². The highest BCUT2D eigenvalue weighted by Gasteiger charge is 2.33. The van der Waals surface area contributed by atoms with Gasteiger partial charge in [-0.1, -0.05) is 42.8 Å². The van der Waals surface area contributed by atoms with Crippen LogP contribution in [0.3, 0.4) is 0 Å². The Bertz CT molecular complexity index is 1420. The maximum atomic E-state index is 14.0. The molecule has 0 spiro atoms. The van der Waals surface area contributed by atoms with E-state index in [1.165, 1.54) is 24.1 Å². The second-order valence-electron chi connectivity index (χ2n) is 9.89. The minimum atomic E-state index is -4.16. The second-order valence-corrected chi connectivity index (χ2v) is 11.8. The Morgan fingerprint density at radius 3 is 2.12 bits per heavy atom. The maximum absolute atomic E-state index is 14.0. The predicted octanol–water partition coefficient (Wildman–Crippen LogP) is 4.54. The molecule has 0 aliphatic heterocycles. The highest BCUT2D eigenvalue weighted by molar-refractivity contribution is 7.92. The summed E-state index contributed by atoms with van der Waals surface area (Å²) < 4.78 is 39.5. The van der Waals surface area contributed by atoms with Crippen molar-refractivity contribution in [3.05, 3.63) is 83.9 Å². The predicted molar refractivity (Wildman–Crippen MR) is 160 cm³/mol. The molecule has 0 heterocycles. The molecule has 3 rings (SSSR count). The van der Waals surface area contributed by atoms with Crippen LogP contribution in [0.5, 0.6) is 11.5 Å². The molecule has 0 unspecified atom stereocenters. The van der Waals surface area contributed by atoms with Gasteiger partial charge >= 0.3 is 0 Å². The summed E-state index contributed by atoms with van der Waals surface area (Å²) in [4.78, 5) is 28.6. The molecule has 9 nitrogen and oxygen atoms in total. The summed E-state index contributed by atoms with van der Waals surface area (Å²) in [6, 6.07) is 19.2. The first-order valence-corrected chi connectivity index (χ1v) is 14.9. The molecular weight excluding hydrogens is 542 g/mol. The zero-order valence-corrected chi connectivity index (χ0v) is 25.3. The number of carbonyl (C=O) groups excluding carboxylic acids is 2. The number of anilines is 1. The smallest absolute Gasteiger partial charge is 0.264 e. The number of methoxy groups -OCH3 is 2. The molecule has 1 N–H and O–H groups in total. The molecule has 0 aliphatic carbocycles. The Balaban J connectivity index is 2.04. The Kier molecular flexibility index (Phi) is 10.8. The van der Waals surface area contributed by atoms with Crippen LogP contribution in [-0.2, 0) is 26.2 Å². The van der Waals surface area contributed by atoms with Crippen LogP contribution < -0.4 is 19.1 Å². The first-order valence-electron chi connectivity index (χ1n) is 13.5. The van der Waals surface area contributed by atoms with Gasteiger partial charge in [0.15, 0.2) is 0 Å². The molecule has 41 heavy (non-hydrogen) atoms. The lowest BCUT2D eigenvalue weighted by Crippen LogP contribution is -2.52. The lowest BCUT2D eigenvalue weighted by atomic mass is 10.1. The van der Waals surface area contributed by atoms with E-state index in [2.05, 4.69) is 5.32 Å². The van der Waals surface area contributed by atoms with Gasteiger partial charge in [-0.3, -0.25) is 13.9 Å². The van der Waals surface area contributed by atoms with Crippen molar-refractivity contribution in [3.8, 4) is 11.5 Å². The van der Waals surface area contributed by atoms with Gasteiger partial charge in [0, 0.05) is 18.7 Å². The summed E-state index contributed by atoms with van der Waals surface area (Å²) in [6.45, 7) is 6.91. The topological polar surface area (TPSA) is 105 Å². The monoisotopic (exact) mass is 581 g/mol. The van der Waals surface area contributed by atoms with E-state index >= 15 is 0 Å². The van der Waals surface area contributed by atoms with Crippen molar-refractivity contribution in [3.63, 3.8) is 0 Å². The molecule has 0 aliphatic rings. The number of rotatable bonds is 13. The first kappa shape index (κ1) is 31.5. The molecule has 220 valence electrons. The number of hydrogen-bond donors (Lipinski definition) is 1. The molecule has 2 atom stereocenters. The molecule has 3 aromatic carbocycles. The highest BCUT2D eigenvalue weighted by atomic mass is 32.2. The number of benzene rings is 3. The summed E-state index contributed by atoms with van der Waals surface area (Å²) in [6.07, 6.45) is 0.725. The fourth-order valence-corrected chi connectivity index (χ4v) is 5.51. The number of nitrogens with zero attached hydrogens (tertiary/aromatic N) is 2. The zero-order chi connectivity index (χ0) is 30.2. The Morgan fingerprint density at radius 2 is 1.54 bits per heavy atom. The Labute approximate surface area is 243 Å². The van der Waals surface area contributed by atoms with Gasteiger partial charge < -0.3 is 19.7 Å². The Morgan fingerprint density at radius 1 is 0.902 bits per heavy atom. The molecule has 0 radical (unpaired) electrons. The van der Waals surface area contributed by atoms with Crippen molar-refractivity contribution in [2.45, 2.75) is 57.6 Å². The average molecular weight is 582 g/mol. The van der Waals surface area contributed by atoms with E-state index in [1.807, 2.05) is 20.8 Å². The normalized spacial score (nSPS) is 12.6. The van der Waals surface area contributed by atoms with Crippen LogP contribution in [-0.4, -0.2) is 58.0 Å². The van der Waals surface area contributed by atoms with Gasteiger partial charge in [-0.25, -0.2) is 8.42 Å². The minimum Gasteiger partial charge on any atom is -0.497 e. The van der Waals surface area contributed by atoms with Crippen LogP contribution in [0, 0.1) is 6.92 Å². The zero-order valence-electron chi connectivity index (χ0n) is 24.5. The van der Waals surface area contributed by atoms with Gasteiger partial charge in [0.05, 0.1) is 24.8 Å². The third-order valence-electron chi connectivity index (χ3n) is 6.91. The van der Waals surface area contributed by atoms with Gasteiger partial charge in [0.1, 0.15) is 24.1 Å². The quantitative estimate of drug-likeness (QED) is 0.318. The molecule has 0 saturated heterocycles. The van der Waals surface area contributed by atoms with E-state index in [4.69, 9.17) is 9.47 Å². The number of sulfonamides is 1. The van der Waals surface area contributed by atoms with Gasteiger partial charge in [-0.2, -0.15) is 0 Å². The van der Waals surface area contributed by atoms with Crippen molar-refractivity contribution in [1.29, 1.82) is 0 Å². The van der Waals surface area contributed by atoms with E-state index in [1.54, 1.807) is 74.7 Å². The molecule has 0 aromatic heterocycles. The summed E-state index contributed by atoms with van der Waals surface area (Å²) in [5.41, 5.74) is 1.93. The summed E-state index contributed by atoms with van der Waals surface area (Å²) >= 11 is 0. The maximum Gasteiger partial charge on any atom is 0.264 e. The lowest BCUT2D eigenvalue weighted by molar-refractivity contribution is -0.139. The van der Waals surface area contributed by atoms with E-state index in [0.717, 1.165) is 21.9 Å². The first-order chi connectivity index (χ1) is 19.5. The lowest BCUT2D eigenvalue weighted by Gasteiger charge is -2.32. The van der Waals surface area contributed by atoms with Crippen LogP contribution in [0.4, 0.5) is 5.69 Å². The number of nitrogens with one attached hydrogen (secondary N) is 1. The van der Waals surface area contributed by atoms with Gasteiger partial charge in [-0.15, -0.1) is 0 Å². The molecule has 10 heteroatoms. The summed E-state index contributed by atoms with van der Waals surface area (Å²) in [7, 11) is -1.12. The van der Waals surface area contributed by atoms with Crippen molar-refractivity contribution >= 4 is 27.5 Å². The fourth-order valence-electron chi connectivity index (χ4n) is 4.11. The summed E-state index contributed by atoms with van der Waals surface area (Å²) in [5, 5.41) is 2.93. The number of amides is 2. The van der Waals surface area contributed by atoms with Crippen LogP contribution in [0.15, 0.2) is 77.7 Å². The number of ether oxygens (including phenoxy) is 2. The third kappa shape index (κ3) is 8.00. The van der Waals surface area contributed by atoms with Gasteiger partial charge in [-0.05, 0) is 69.2 Å². The van der Waals surface area contributed by atoms with Gasteiger partial charge in [0.25, 0.3) is 10.0 Å².